The molecule has 0 radical (unpaired) electrons. The summed E-state index contributed by atoms with van der Waals surface area (Å²) in [6.45, 7) is 4.84. The Bertz CT molecular complexity index is 692. The van der Waals surface area contributed by atoms with Crippen molar-refractivity contribution < 1.29 is 14.7 Å². The lowest BCUT2D eigenvalue weighted by atomic mass is 9.96. The second kappa shape index (κ2) is 8.47. The van der Waals surface area contributed by atoms with Crippen LogP contribution in [0.25, 0.3) is 0 Å². The summed E-state index contributed by atoms with van der Waals surface area (Å²) >= 11 is 0. The Morgan fingerprint density at radius 1 is 1.07 bits per heavy atom. The predicted molar refractivity (Wildman–Crippen MR) is 106 cm³/mol. The van der Waals surface area contributed by atoms with Crippen LogP contribution in [-0.4, -0.2) is 77.1 Å². The van der Waals surface area contributed by atoms with Crippen LogP contribution < -0.4 is 4.90 Å². The normalized spacial score (nSPS) is 22.2. The number of anilines is 1. The van der Waals surface area contributed by atoms with Gasteiger partial charge in [-0.25, -0.2) is 4.98 Å². The number of carbonyl (C=O) groups excluding carboxylic acids is 2. The van der Waals surface area contributed by atoms with E-state index in [2.05, 4.69) is 9.88 Å². The molecular formula is C21H30N4O3. The molecule has 2 amide bonds. The van der Waals surface area contributed by atoms with Gasteiger partial charge >= 0.3 is 0 Å². The fourth-order valence-electron chi connectivity index (χ4n) is 4.50. The van der Waals surface area contributed by atoms with E-state index in [1.54, 1.807) is 6.20 Å². The van der Waals surface area contributed by atoms with Gasteiger partial charge in [-0.15, -0.1) is 0 Å². The lowest BCUT2D eigenvalue weighted by Gasteiger charge is -2.34. The third-order valence-electron chi connectivity index (χ3n) is 6.34. The molecule has 0 bridgehead atoms. The number of aliphatic hydroxyl groups excluding tert-OH is 1. The number of nitrogens with zero attached hydrogens (tertiary/aromatic N) is 4. The van der Waals surface area contributed by atoms with E-state index < -0.39 is 0 Å². The second-order valence-corrected chi connectivity index (χ2v) is 8.30. The molecular weight excluding hydrogens is 356 g/mol. The molecule has 7 heteroatoms. The maximum atomic E-state index is 12.8. The van der Waals surface area contributed by atoms with Gasteiger partial charge in [-0.3, -0.25) is 9.59 Å². The van der Waals surface area contributed by atoms with Gasteiger partial charge in [-0.2, -0.15) is 0 Å². The SMILES string of the molecule is O=C1CCCN1CC1CCN(C(=O)c2ccc(N3CCC(O)CC3)nc2)CC1. The summed E-state index contributed by atoms with van der Waals surface area (Å²) in [5.41, 5.74) is 0.633. The minimum absolute atomic E-state index is 0.0452. The zero-order chi connectivity index (χ0) is 19.5. The van der Waals surface area contributed by atoms with Gasteiger partial charge in [0.2, 0.25) is 5.91 Å². The number of aliphatic hydroxyl groups is 1. The molecule has 1 N–H and O–H groups in total. The molecule has 0 aliphatic carbocycles. The quantitative estimate of drug-likeness (QED) is 0.849. The molecule has 0 spiro atoms. The largest absolute Gasteiger partial charge is 0.393 e. The topological polar surface area (TPSA) is 77.0 Å². The van der Waals surface area contributed by atoms with Gasteiger partial charge in [0.25, 0.3) is 5.91 Å². The van der Waals surface area contributed by atoms with E-state index in [4.69, 9.17) is 0 Å². The zero-order valence-corrected chi connectivity index (χ0v) is 16.4. The van der Waals surface area contributed by atoms with Gasteiger partial charge in [-0.05, 0) is 50.2 Å². The molecule has 4 heterocycles. The molecule has 1 aromatic rings. The smallest absolute Gasteiger partial charge is 0.255 e. The van der Waals surface area contributed by atoms with Crippen LogP contribution in [0.15, 0.2) is 18.3 Å². The summed E-state index contributed by atoms with van der Waals surface area (Å²) in [7, 11) is 0. The van der Waals surface area contributed by atoms with Crippen molar-refractivity contribution in [2.45, 2.75) is 44.6 Å². The van der Waals surface area contributed by atoms with Crippen molar-refractivity contribution in [2.24, 2.45) is 5.92 Å². The molecule has 28 heavy (non-hydrogen) atoms. The van der Waals surface area contributed by atoms with Crippen molar-refractivity contribution in [1.82, 2.24) is 14.8 Å². The summed E-state index contributed by atoms with van der Waals surface area (Å²) in [5.74, 6) is 1.70. The average Bonchev–Trinajstić information content (AvgIpc) is 3.13. The molecule has 4 rings (SSSR count). The van der Waals surface area contributed by atoms with Crippen LogP contribution >= 0.6 is 0 Å². The van der Waals surface area contributed by atoms with Gasteiger partial charge in [-0.1, -0.05) is 0 Å². The third-order valence-corrected chi connectivity index (χ3v) is 6.34. The molecule has 0 aromatic carbocycles. The Kier molecular flexibility index (Phi) is 5.80. The molecule has 0 atom stereocenters. The van der Waals surface area contributed by atoms with E-state index in [1.165, 1.54) is 0 Å². The Hall–Kier alpha value is -2.15. The van der Waals surface area contributed by atoms with Crippen molar-refractivity contribution in [3.63, 3.8) is 0 Å². The highest BCUT2D eigenvalue weighted by atomic mass is 16.3. The first-order valence-corrected chi connectivity index (χ1v) is 10.6. The number of piperidine rings is 2. The number of likely N-dealkylation sites (tertiary alicyclic amines) is 2. The molecule has 7 nitrogen and oxygen atoms in total. The fraction of sp³-hybridized carbons (Fsp3) is 0.667. The molecule has 3 fully saturated rings. The maximum absolute atomic E-state index is 12.8. The number of hydrogen-bond donors (Lipinski definition) is 1. The van der Waals surface area contributed by atoms with Crippen molar-refractivity contribution >= 4 is 17.6 Å². The number of aromatic nitrogens is 1. The summed E-state index contributed by atoms with van der Waals surface area (Å²) in [5, 5.41) is 9.63. The second-order valence-electron chi connectivity index (χ2n) is 8.30. The Labute approximate surface area is 166 Å². The van der Waals surface area contributed by atoms with E-state index in [9.17, 15) is 14.7 Å². The lowest BCUT2D eigenvalue weighted by Crippen LogP contribution is -2.42. The Morgan fingerprint density at radius 3 is 2.43 bits per heavy atom. The van der Waals surface area contributed by atoms with Gasteiger partial charge < -0.3 is 19.8 Å². The lowest BCUT2D eigenvalue weighted by molar-refractivity contribution is -0.128. The molecule has 0 saturated carbocycles. The summed E-state index contributed by atoms with van der Waals surface area (Å²) in [6, 6.07) is 3.78. The first kappa shape index (κ1) is 19.2. The number of hydrogen-bond acceptors (Lipinski definition) is 5. The van der Waals surface area contributed by atoms with Gasteiger partial charge in [0.15, 0.2) is 0 Å². The molecule has 0 unspecified atom stereocenters. The number of pyridine rings is 1. The van der Waals surface area contributed by atoms with Crippen LogP contribution in [-0.2, 0) is 4.79 Å². The number of rotatable bonds is 4. The van der Waals surface area contributed by atoms with Crippen LogP contribution in [0.1, 0.15) is 48.9 Å². The first-order valence-electron chi connectivity index (χ1n) is 10.6. The highest BCUT2D eigenvalue weighted by Gasteiger charge is 2.28. The summed E-state index contributed by atoms with van der Waals surface area (Å²) < 4.78 is 0. The molecule has 152 valence electrons. The van der Waals surface area contributed by atoms with Crippen molar-refractivity contribution in [2.75, 3.05) is 44.2 Å². The Morgan fingerprint density at radius 2 is 1.82 bits per heavy atom. The van der Waals surface area contributed by atoms with Crippen LogP contribution in [0.5, 0.6) is 0 Å². The number of carbonyl (C=O) groups is 2. The standard InChI is InChI=1S/C21H30N4O3/c26-18-7-12-23(13-8-18)19-4-3-17(14-22-19)21(28)24-10-5-16(6-11-24)15-25-9-1-2-20(25)27/h3-4,14,16,18,26H,1-2,5-13,15H2. The first-order chi connectivity index (χ1) is 13.6. The highest BCUT2D eigenvalue weighted by molar-refractivity contribution is 5.94. The van der Waals surface area contributed by atoms with Crippen molar-refractivity contribution in [3.8, 4) is 0 Å². The average molecular weight is 386 g/mol. The van der Waals surface area contributed by atoms with Gasteiger partial charge in [0.05, 0.1) is 11.7 Å². The zero-order valence-electron chi connectivity index (χ0n) is 16.4. The van der Waals surface area contributed by atoms with Crippen LogP contribution in [0.2, 0.25) is 0 Å². The molecule has 3 aliphatic rings. The van der Waals surface area contributed by atoms with Crippen molar-refractivity contribution in [3.05, 3.63) is 23.9 Å². The van der Waals surface area contributed by atoms with E-state index in [0.29, 0.717) is 17.9 Å². The Balaban J connectivity index is 1.28. The third kappa shape index (κ3) is 4.29. The maximum Gasteiger partial charge on any atom is 0.255 e. The molecule has 3 saturated heterocycles. The van der Waals surface area contributed by atoms with Crippen LogP contribution in [0.3, 0.4) is 0 Å². The monoisotopic (exact) mass is 386 g/mol. The minimum atomic E-state index is -0.205. The fourth-order valence-corrected chi connectivity index (χ4v) is 4.50. The van der Waals surface area contributed by atoms with Crippen LogP contribution in [0, 0.1) is 5.92 Å². The highest BCUT2D eigenvalue weighted by Crippen LogP contribution is 2.23. The number of amides is 2. The van der Waals surface area contributed by atoms with E-state index in [1.807, 2.05) is 21.9 Å². The predicted octanol–water partition coefficient (Wildman–Crippen LogP) is 1.52. The minimum Gasteiger partial charge on any atom is -0.393 e. The molecule has 1 aromatic heterocycles. The summed E-state index contributed by atoms with van der Waals surface area (Å²) in [6.07, 6.45) is 6.59. The van der Waals surface area contributed by atoms with Crippen molar-refractivity contribution in [1.29, 1.82) is 0 Å². The van der Waals surface area contributed by atoms with Gasteiger partial charge in [0.1, 0.15) is 5.82 Å². The van der Waals surface area contributed by atoms with E-state index in [0.717, 1.165) is 77.2 Å². The van der Waals surface area contributed by atoms with Crippen LogP contribution in [0.4, 0.5) is 5.82 Å². The molecule has 3 aliphatic heterocycles. The van der Waals surface area contributed by atoms with E-state index >= 15 is 0 Å². The van der Waals surface area contributed by atoms with E-state index in [-0.39, 0.29) is 17.9 Å². The summed E-state index contributed by atoms with van der Waals surface area (Å²) in [4.78, 5) is 35.2. The van der Waals surface area contributed by atoms with Gasteiger partial charge in [0, 0.05) is 51.9 Å².